The molecule has 0 atom stereocenters. The van der Waals surface area contributed by atoms with Gasteiger partial charge < -0.3 is 19.5 Å². The molecule has 7 heteroatoms. The molecule has 0 saturated carbocycles. The quantitative estimate of drug-likeness (QED) is 0.753. The van der Waals surface area contributed by atoms with E-state index in [4.69, 9.17) is 37.4 Å². The third kappa shape index (κ3) is 4.46. The molecule has 24 heavy (non-hydrogen) atoms. The van der Waals surface area contributed by atoms with Crippen molar-refractivity contribution >= 4 is 29.1 Å². The first-order valence-electron chi connectivity index (χ1n) is 7.14. The molecule has 5 nitrogen and oxygen atoms in total. The minimum atomic E-state index is -0.255. The summed E-state index contributed by atoms with van der Waals surface area (Å²) in [6.07, 6.45) is 0. The van der Waals surface area contributed by atoms with Gasteiger partial charge in [0.1, 0.15) is 6.61 Å². The molecule has 0 saturated heterocycles. The lowest BCUT2D eigenvalue weighted by Crippen LogP contribution is -2.28. The van der Waals surface area contributed by atoms with E-state index in [9.17, 15) is 4.79 Å². The smallest absolute Gasteiger partial charge is 0.251 e. The normalized spacial score (nSPS) is 10.2. The topological polar surface area (TPSA) is 56.8 Å². The minimum absolute atomic E-state index is 0.255. The molecule has 0 aliphatic carbocycles. The fourth-order valence-corrected chi connectivity index (χ4v) is 2.33. The summed E-state index contributed by atoms with van der Waals surface area (Å²) in [5, 5.41) is 3.48. The molecule has 2 aromatic rings. The SMILES string of the molecule is COc1cccc(OCCNC(=O)c2ccc(Cl)c(Cl)c2)c1OC. The molecule has 128 valence electrons. The Morgan fingerprint density at radius 1 is 1.04 bits per heavy atom. The number of carbonyl (C=O) groups excluding carboxylic acids is 1. The van der Waals surface area contributed by atoms with Crippen molar-refractivity contribution < 1.29 is 19.0 Å². The van der Waals surface area contributed by atoms with Crippen molar-refractivity contribution in [3.63, 3.8) is 0 Å². The van der Waals surface area contributed by atoms with E-state index in [0.717, 1.165) is 0 Å². The van der Waals surface area contributed by atoms with Crippen LogP contribution in [0.25, 0.3) is 0 Å². The highest BCUT2D eigenvalue weighted by Crippen LogP contribution is 2.36. The first kappa shape index (κ1) is 18.2. The van der Waals surface area contributed by atoms with E-state index in [1.807, 2.05) is 0 Å². The summed E-state index contributed by atoms with van der Waals surface area (Å²) in [6, 6.07) is 10.0. The number of para-hydroxylation sites is 1. The molecule has 2 rings (SSSR count). The molecule has 0 aliphatic heterocycles. The van der Waals surface area contributed by atoms with Crippen LogP contribution in [0.3, 0.4) is 0 Å². The van der Waals surface area contributed by atoms with Crippen molar-refractivity contribution in [3.05, 3.63) is 52.0 Å². The van der Waals surface area contributed by atoms with Gasteiger partial charge in [-0.1, -0.05) is 29.3 Å². The molecule has 0 aliphatic rings. The minimum Gasteiger partial charge on any atom is -0.493 e. The summed E-state index contributed by atoms with van der Waals surface area (Å²) >= 11 is 11.7. The zero-order valence-electron chi connectivity index (χ0n) is 13.3. The number of carbonyl (C=O) groups is 1. The van der Waals surface area contributed by atoms with Gasteiger partial charge in [-0.05, 0) is 30.3 Å². The molecule has 0 radical (unpaired) electrons. The van der Waals surface area contributed by atoms with Crippen molar-refractivity contribution in [1.82, 2.24) is 5.32 Å². The van der Waals surface area contributed by atoms with E-state index in [-0.39, 0.29) is 12.5 Å². The Balaban J connectivity index is 1.89. The number of ether oxygens (including phenoxy) is 3. The fraction of sp³-hybridized carbons (Fsp3) is 0.235. The predicted molar refractivity (Wildman–Crippen MR) is 93.8 cm³/mol. The van der Waals surface area contributed by atoms with Crippen LogP contribution in [-0.4, -0.2) is 33.3 Å². The van der Waals surface area contributed by atoms with Crippen LogP contribution in [0.15, 0.2) is 36.4 Å². The molecule has 1 N–H and O–H groups in total. The summed E-state index contributed by atoms with van der Waals surface area (Å²) in [6.45, 7) is 0.593. The maximum atomic E-state index is 12.0. The molecule has 0 unspecified atom stereocenters. The van der Waals surface area contributed by atoms with E-state index in [2.05, 4.69) is 5.32 Å². The molecule has 1 amide bonds. The van der Waals surface area contributed by atoms with Crippen LogP contribution in [0.4, 0.5) is 0 Å². The average Bonchev–Trinajstić information content (AvgIpc) is 2.60. The Bertz CT molecular complexity index is 722. The second-order valence-corrected chi connectivity index (χ2v) is 5.54. The van der Waals surface area contributed by atoms with Gasteiger partial charge in [-0.2, -0.15) is 0 Å². The molecule has 0 bridgehead atoms. The van der Waals surface area contributed by atoms with Crippen molar-refractivity contribution in [2.75, 3.05) is 27.4 Å². The Labute approximate surface area is 150 Å². The maximum absolute atomic E-state index is 12.0. The zero-order valence-corrected chi connectivity index (χ0v) is 14.8. The second kappa shape index (κ2) is 8.66. The number of nitrogens with one attached hydrogen (secondary N) is 1. The van der Waals surface area contributed by atoms with Gasteiger partial charge in [-0.25, -0.2) is 0 Å². The largest absolute Gasteiger partial charge is 0.493 e. The van der Waals surface area contributed by atoms with Crippen LogP contribution < -0.4 is 19.5 Å². The first-order chi connectivity index (χ1) is 11.6. The highest BCUT2D eigenvalue weighted by molar-refractivity contribution is 6.42. The summed E-state index contributed by atoms with van der Waals surface area (Å²) in [4.78, 5) is 12.0. The van der Waals surface area contributed by atoms with Crippen molar-refractivity contribution in [2.24, 2.45) is 0 Å². The lowest BCUT2D eigenvalue weighted by Gasteiger charge is -2.13. The van der Waals surface area contributed by atoms with E-state index < -0.39 is 0 Å². The number of hydrogen-bond donors (Lipinski definition) is 1. The number of halogens is 2. The highest BCUT2D eigenvalue weighted by atomic mass is 35.5. The monoisotopic (exact) mass is 369 g/mol. The third-order valence-electron chi connectivity index (χ3n) is 3.19. The van der Waals surface area contributed by atoms with Gasteiger partial charge in [0, 0.05) is 5.56 Å². The fourth-order valence-electron chi connectivity index (χ4n) is 2.04. The Morgan fingerprint density at radius 3 is 2.46 bits per heavy atom. The highest BCUT2D eigenvalue weighted by Gasteiger charge is 2.11. The number of benzene rings is 2. The lowest BCUT2D eigenvalue weighted by molar-refractivity contribution is 0.0946. The van der Waals surface area contributed by atoms with Crippen LogP contribution in [0.1, 0.15) is 10.4 Å². The van der Waals surface area contributed by atoms with Gasteiger partial charge in [-0.3, -0.25) is 4.79 Å². The maximum Gasteiger partial charge on any atom is 0.251 e. The average molecular weight is 370 g/mol. The standard InChI is InChI=1S/C17H17Cl2NO4/c1-22-14-4-3-5-15(16(14)23-2)24-9-8-20-17(21)11-6-7-12(18)13(19)10-11/h3-7,10H,8-9H2,1-2H3,(H,20,21). The summed E-state index contributed by atoms with van der Waals surface area (Å²) in [5.74, 6) is 1.38. The Morgan fingerprint density at radius 2 is 1.79 bits per heavy atom. The molecule has 0 spiro atoms. The van der Waals surface area contributed by atoms with Crippen molar-refractivity contribution in [3.8, 4) is 17.2 Å². The van der Waals surface area contributed by atoms with Crippen molar-refractivity contribution in [1.29, 1.82) is 0 Å². The molecule has 2 aromatic carbocycles. The third-order valence-corrected chi connectivity index (χ3v) is 3.93. The summed E-state index contributed by atoms with van der Waals surface area (Å²) < 4.78 is 16.1. The van der Waals surface area contributed by atoms with Gasteiger partial charge in [0.25, 0.3) is 5.91 Å². The zero-order chi connectivity index (χ0) is 17.5. The van der Waals surface area contributed by atoms with Crippen LogP contribution in [0.5, 0.6) is 17.2 Å². The van der Waals surface area contributed by atoms with E-state index in [0.29, 0.717) is 39.4 Å². The number of hydrogen-bond acceptors (Lipinski definition) is 4. The van der Waals surface area contributed by atoms with Gasteiger partial charge in [0.05, 0.1) is 30.8 Å². The van der Waals surface area contributed by atoms with Gasteiger partial charge in [-0.15, -0.1) is 0 Å². The van der Waals surface area contributed by atoms with Gasteiger partial charge >= 0.3 is 0 Å². The van der Waals surface area contributed by atoms with Crippen molar-refractivity contribution in [2.45, 2.75) is 0 Å². The van der Waals surface area contributed by atoms with E-state index in [1.165, 1.54) is 13.2 Å². The molecular formula is C17H17Cl2NO4. The predicted octanol–water partition coefficient (Wildman–Crippen LogP) is 3.82. The Kier molecular flexibility index (Phi) is 6.58. The first-order valence-corrected chi connectivity index (χ1v) is 7.89. The number of amides is 1. The van der Waals surface area contributed by atoms with Crippen LogP contribution in [0, 0.1) is 0 Å². The van der Waals surface area contributed by atoms with Crippen LogP contribution >= 0.6 is 23.2 Å². The molecule has 0 heterocycles. The molecule has 0 aromatic heterocycles. The lowest BCUT2D eigenvalue weighted by atomic mass is 10.2. The summed E-state index contributed by atoms with van der Waals surface area (Å²) in [7, 11) is 3.09. The van der Waals surface area contributed by atoms with Gasteiger partial charge in [0.15, 0.2) is 11.5 Å². The Hall–Kier alpha value is -2.11. The molecular weight excluding hydrogens is 353 g/mol. The number of methoxy groups -OCH3 is 2. The van der Waals surface area contributed by atoms with Crippen LogP contribution in [-0.2, 0) is 0 Å². The van der Waals surface area contributed by atoms with E-state index >= 15 is 0 Å². The van der Waals surface area contributed by atoms with E-state index in [1.54, 1.807) is 37.4 Å². The second-order valence-electron chi connectivity index (χ2n) is 4.72. The summed E-state index contributed by atoms with van der Waals surface area (Å²) in [5.41, 5.74) is 0.434. The van der Waals surface area contributed by atoms with Gasteiger partial charge in [0.2, 0.25) is 5.75 Å². The number of rotatable bonds is 7. The molecule has 0 fully saturated rings. The van der Waals surface area contributed by atoms with Crippen LogP contribution in [0.2, 0.25) is 10.0 Å².